The highest BCUT2D eigenvalue weighted by atomic mass is 32.2. The molecule has 0 bridgehead atoms. The molecule has 0 amide bonds. The van der Waals surface area contributed by atoms with E-state index < -0.39 is 312 Å². The highest BCUT2D eigenvalue weighted by Crippen LogP contribution is 2.71. The second kappa shape index (κ2) is 33.7. The number of hydrogen-bond acceptors (Lipinski definition) is 12. The van der Waals surface area contributed by atoms with E-state index in [9.17, 15) is 332 Å². The normalized spacial score (nSPS) is 17.0. The molecule has 0 aromatic rings. The molecule has 0 N–H and O–H groups in total. The number of rotatable bonds is 48. The average Bonchev–Trinajstić information content (AvgIpc) is 0.706. The zero-order chi connectivity index (χ0) is 106. The van der Waals surface area contributed by atoms with Gasteiger partial charge >= 0.3 is 191 Å². The van der Waals surface area contributed by atoms with E-state index in [1.807, 2.05) is 0 Å². The van der Waals surface area contributed by atoms with Gasteiger partial charge in [0, 0.05) is 25.7 Å². The van der Waals surface area contributed by atoms with Crippen LogP contribution in [-0.4, -0.2) is 274 Å². The number of halogens is 68. The summed E-state index contributed by atoms with van der Waals surface area (Å²) < 4.78 is 1060. The zero-order valence-electron chi connectivity index (χ0n) is 57.2. The van der Waals surface area contributed by atoms with E-state index in [1.165, 1.54) is 0 Å². The van der Waals surface area contributed by atoms with Crippen LogP contribution in [0.25, 0.3) is 0 Å². The van der Waals surface area contributed by atoms with E-state index in [2.05, 4.69) is 16.7 Å². The van der Waals surface area contributed by atoms with Crippen LogP contribution in [0.3, 0.4) is 0 Å². The first-order valence-corrected chi connectivity index (χ1v) is 35.3. The molecule has 0 aromatic carbocycles. The van der Waals surface area contributed by atoms with E-state index in [-0.39, 0.29) is 0 Å². The third-order valence-electron chi connectivity index (χ3n) is 16.0. The first-order valence-electron chi connectivity index (χ1n) is 29.0. The molecule has 0 aliphatic rings. The molecule has 129 heavy (non-hydrogen) atoms. The van der Waals surface area contributed by atoms with Crippen molar-refractivity contribution in [3.63, 3.8) is 0 Å². The summed E-state index contributed by atoms with van der Waals surface area (Å²) in [6, 6.07) is 0. The molecule has 0 radical (unpaired) electrons. The first kappa shape index (κ1) is 124. The van der Waals surface area contributed by atoms with Crippen molar-refractivity contribution < 1.29 is 349 Å². The molecular weight excluding hydrogens is 2150 g/mol. The maximum atomic E-state index is 14.9. The minimum absolute atomic E-state index is 3.21. The largest absolute Gasteiger partial charge is 0.460 e. The van der Waals surface area contributed by atoms with E-state index >= 15 is 0 Å². The summed E-state index contributed by atoms with van der Waals surface area (Å²) in [4.78, 5) is 0. The van der Waals surface area contributed by atoms with Crippen molar-refractivity contribution in [2.24, 2.45) is 5.41 Å². The van der Waals surface area contributed by atoms with Crippen molar-refractivity contribution in [1.82, 2.24) is 0 Å². The van der Waals surface area contributed by atoms with Crippen molar-refractivity contribution in [3.8, 4) is 0 Å². The molecule has 12 nitrogen and oxygen atoms in total. The van der Waals surface area contributed by atoms with Gasteiger partial charge < -0.3 is 0 Å². The molecule has 0 aliphatic carbocycles. The minimum atomic E-state index is -9.75. The van der Waals surface area contributed by atoms with Crippen molar-refractivity contribution in [2.75, 3.05) is 49.4 Å². The van der Waals surface area contributed by atoms with Crippen molar-refractivity contribution in [2.45, 2.75) is 216 Å². The average molecular weight is 2180 g/mol. The van der Waals surface area contributed by atoms with Gasteiger partial charge in [0.05, 0.1) is 54.9 Å². The van der Waals surface area contributed by atoms with Gasteiger partial charge in [0.15, 0.2) is 0 Å². The van der Waals surface area contributed by atoms with Gasteiger partial charge in [0.25, 0.3) is 40.5 Å². The molecule has 0 aromatic heterocycles. The standard InChI is InChI=1S/C45H24F68O12S4/c46-14(47,18(54,55)22(62,63)26(70,71)30(78,79)34(86,87)38(94,95)42(102,103)104)1-5-126(114,115)122-9-13(10-123-127(116,117)6-2-15(48,49)19(56,57)23(64,65)27(72,73)31(80,81)35(88,89)39(96,97)43(105,106)107,11-124-128(118,119)7-3-16(50,51)20(58,59)24(66,67)28(74,75)32(82,83)36(90,91)40(98,99)44(108,109)110)12-125-129(120,121)8-4-17(52,53)21(60,61)25(68,69)29(76,77)33(84,85)37(92,93)41(100,101)45(111,112)113/h1-12H2. The molecule has 84 heteroatoms. The van der Waals surface area contributed by atoms with Crippen LogP contribution < -0.4 is 0 Å². The van der Waals surface area contributed by atoms with Gasteiger partial charge in [-0.05, 0) is 0 Å². The van der Waals surface area contributed by atoms with Crippen LogP contribution in [0.1, 0.15) is 25.7 Å². The maximum Gasteiger partial charge on any atom is 0.460 e. The highest BCUT2D eigenvalue weighted by Gasteiger charge is 3.00. The van der Waals surface area contributed by atoms with Crippen LogP contribution in [0.5, 0.6) is 0 Å². The van der Waals surface area contributed by atoms with E-state index in [0.29, 0.717) is 0 Å². The van der Waals surface area contributed by atoms with Crippen LogP contribution in [-0.2, 0) is 57.2 Å². The van der Waals surface area contributed by atoms with Crippen LogP contribution in [0.2, 0.25) is 0 Å². The first-order chi connectivity index (χ1) is 54.7. The summed E-state index contributed by atoms with van der Waals surface area (Å²) in [6.45, 7) is -16.5. The fourth-order valence-electron chi connectivity index (χ4n) is 7.77. The lowest BCUT2D eigenvalue weighted by molar-refractivity contribution is -0.461. The molecule has 0 atom stereocenters. The molecule has 0 fully saturated rings. The maximum absolute atomic E-state index is 14.9. The van der Waals surface area contributed by atoms with Crippen LogP contribution in [0.15, 0.2) is 0 Å². The van der Waals surface area contributed by atoms with E-state index in [4.69, 9.17) is 0 Å². The zero-order valence-corrected chi connectivity index (χ0v) is 60.5. The van der Waals surface area contributed by atoms with Gasteiger partial charge in [-0.2, -0.15) is 332 Å². The fraction of sp³-hybridized carbons (Fsp3) is 1.00. The van der Waals surface area contributed by atoms with Crippen LogP contribution >= 0.6 is 0 Å². The molecule has 776 valence electrons. The molecular formula is C45H24F68O12S4. The van der Waals surface area contributed by atoms with Crippen molar-refractivity contribution >= 4 is 40.5 Å². The fourth-order valence-corrected chi connectivity index (χ4v) is 12.0. The smallest absolute Gasteiger partial charge is 0.269 e. The quantitative estimate of drug-likeness (QED) is 0.0417. The van der Waals surface area contributed by atoms with Crippen LogP contribution in [0.4, 0.5) is 299 Å². The summed E-state index contributed by atoms with van der Waals surface area (Å²) in [5.74, 6) is -277. The summed E-state index contributed by atoms with van der Waals surface area (Å²) in [7, 11) is -31.8. The Kier molecular flexibility index (Phi) is 32.3. The lowest BCUT2D eigenvalue weighted by atomic mass is 9.88. The molecule has 0 saturated heterocycles. The second-order valence-corrected chi connectivity index (χ2v) is 32.2. The van der Waals surface area contributed by atoms with Gasteiger partial charge in [0.1, 0.15) is 0 Å². The lowest BCUT2D eigenvalue weighted by Gasteiger charge is -2.42. The third-order valence-corrected chi connectivity index (χ3v) is 20.7. The SMILES string of the molecule is O=S(=O)(CCC(F)(F)C(F)(F)C(F)(F)C(F)(F)C(F)(F)C(F)(F)C(F)(F)C(F)(F)F)OCC(COS(=O)(=O)CCC(F)(F)C(F)(F)C(F)(F)C(F)(F)C(F)(F)C(F)(F)C(F)(F)C(F)(F)F)(COS(=O)(=O)CCC(F)(F)C(F)(F)C(F)(F)C(F)(F)C(F)(F)C(F)(F)C(F)(F)C(F)(F)F)COS(=O)(=O)CCC(F)(F)C(F)(F)C(F)(F)C(F)(F)C(F)(F)C(F)(F)C(F)(F)C(F)(F)F. The Hall–Kier alpha value is -5.12. The Labute approximate surface area is 660 Å². The molecule has 0 saturated carbocycles. The van der Waals surface area contributed by atoms with Gasteiger partial charge in [-0.15, -0.1) is 0 Å². The Balaban J connectivity index is 9.49. The Morgan fingerprint density at radius 1 is 0.132 bits per heavy atom. The van der Waals surface area contributed by atoms with Crippen LogP contribution in [0, 0.1) is 5.41 Å². The van der Waals surface area contributed by atoms with Crippen molar-refractivity contribution in [1.29, 1.82) is 0 Å². The molecule has 0 heterocycles. The van der Waals surface area contributed by atoms with Gasteiger partial charge in [-0.1, -0.05) is 0 Å². The summed E-state index contributed by atoms with van der Waals surface area (Å²) in [5, 5.41) is 0. The minimum Gasteiger partial charge on any atom is -0.269 e. The van der Waals surface area contributed by atoms with E-state index in [0.717, 1.165) is 0 Å². The van der Waals surface area contributed by atoms with Gasteiger partial charge in [-0.3, -0.25) is 16.7 Å². The Bertz CT molecular complexity index is 3820. The summed E-state index contributed by atoms with van der Waals surface area (Å²) >= 11 is 0. The second-order valence-electron chi connectivity index (χ2n) is 25.2. The van der Waals surface area contributed by atoms with E-state index in [1.54, 1.807) is 0 Å². The predicted octanol–water partition coefficient (Wildman–Crippen LogP) is 21.0. The Morgan fingerprint density at radius 2 is 0.217 bits per heavy atom. The number of hydrogen-bond donors (Lipinski definition) is 0. The van der Waals surface area contributed by atoms with Gasteiger partial charge in [-0.25, -0.2) is 0 Å². The predicted molar refractivity (Wildman–Crippen MR) is 263 cm³/mol. The number of alkyl halides is 68. The summed E-state index contributed by atoms with van der Waals surface area (Å²) in [5.41, 5.74) is -5.65. The Morgan fingerprint density at radius 3 is 0.310 bits per heavy atom. The summed E-state index contributed by atoms with van der Waals surface area (Å²) in [6.07, 6.45) is -53.0. The molecule has 0 aliphatic heterocycles. The van der Waals surface area contributed by atoms with Gasteiger partial charge in [0.2, 0.25) is 0 Å². The topological polar surface area (TPSA) is 173 Å². The molecule has 0 rings (SSSR count). The third kappa shape index (κ3) is 19.6. The lowest BCUT2D eigenvalue weighted by Crippen LogP contribution is -2.74. The van der Waals surface area contributed by atoms with Crippen molar-refractivity contribution in [3.05, 3.63) is 0 Å². The molecule has 0 unspecified atom stereocenters. The highest BCUT2D eigenvalue weighted by molar-refractivity contribution is 7.87. The molecule has 0 spiro atoms. The monoisotopic (exact) mass is 2180 g/mol.